The predicted molar refractivity (Wildman–Crippen MR) is 162 cm³/mol. The zero-order chi connectivity index (χ0) is 29.4. The standard InChI is InChI=1S/C30H35Cl2N3O4S/c1-5-22(3)33-30(37)28(15-23-9-7-6-8-10-23)34(19-24-13-11-21(2)12-14-24)29(36)20-35(40(4,38)39)27-17-25(31)16-26(32)18-27/h6-14,16-18,22,28H,5,15,19-20H2,1-4H3,(H,33,37)/t22-,28-/m1/s1. The first-order chi connectivity index (χ1) is 18.9. The Bertz CT molecular complexity index is 1400. The van der Waals surface area contributed by atoms with Crippen LogP contribution in [0.5, 0.6) is 0 Å². The van der Waals surface area contributed by atoms with E-state index in [1.165, 1.54) is 23.1 Å². The Balaban J connectivity index is 2.07. The minimum absolute atomic E-state index is 0.108. The van der Waals surface area contributed by atoms with Gasteiger partial charge in [0, 0.05) is 29.1 Å². The topological polar surface area (TPSA) is 86.8 Å². The molecule has 0 heterocycles. The summed E-state index contributed by atoms with van der Waals surface area (Å²) in [5.74, 6) is -0.849. The van der Waals surface area contributed by atoms with E-state index in [-0.39, 0.29) is 40.6 Å². The zero-order valence-corrected chi connectivity index (χ0v) is 25.4. The molecule has 0 unspecified atom stereocenters. The van der Waals surface area contributed by atoms with Crippen LogP contribution in [0, 0.1) is 6.92 Å². The summed E-state index contributed by atoms with van der Waals surface area (Å²) < 4.78 is 26.7. The number of benzene rings is 3. The lowest BCUT2D eigenvalue weighted by Gasteiger charge is -2.34. The fraction of sp³-hybridized carbons (Fsp3) is 0.333. The van der Waals surface area contributed by atoms with Crippen LogP contribution < -0.4 is 9.62 Å². The van der Waals surface area contributed by atoms with Gasteiger partial charge < -0.3 is 10.2 Å². The van der Waals surface area contributed by atoms with Crippen LogP contribution in [0.1, 0.15) is 37.0 Å². The molecule has 0 bridgehead atoms. The van der Waals surface area contributed by atoms with E-state index in [0.29, 0.717) is 6.42 Å². The SMILES string of the molecule is CC[C@@H](C)NC(=O)[C@@H](Cc1ccccc1)N(Cc1ccc(C)cc1)C(=O)CN(c1cc(Cl)cc(Cl)c1)S(C)(=O)=O. The molecule has 10 heteroatoms. The summed E-state index contributed by atoms with van der Waals surface area (Å²) in [7, 11) is -3.92. The molecule has 1 N–H and O–H groups in total. The summed E-state index contributed by atoms with van der Waals surface area (Å²) in [4.78, 5) is 29.2. The summed E-state index contributed by atoms with van der Waals surface area (Å²) in [6, 6.07) is 20.4. The molecule has 2 atom stereocenters. The molecule has 0 radical (unpaired) electrons. The molecule has 7 nitrogen and oxygen atoms in total. The van der Waals surface area contributed by atoms with Crippen LogP contribution in [0.3, 0.4) is 0 Å². The van der Waals surface area contributed by atoms with Gasteiger partial charge >= 0.3 is 0 Å². The molecule has 40 heavy (non-hydrogen) atoms. The number of halogens is 2. The molecule has 0 fully saturated rings. The lowest BCUT2D eigenvalue weighted by atomic mass is 10.0. The highest BCUT2D eigenvalue weighted by Gasteiger charge is 2.33. The second-order valence-corrected chi connectivity index (χ2v) is 12.7. The van der Waals surface area contributed by atoms with Crippen LogP contribution >= 0.6 is 23.2 Å². The number of nitrogens with one attached hydrogen (secondary N) is 1. The predicted octanol–water partition coefficient (Wildman–Crippen LogP) is 5.62. The second kappa shape index (κ2) is 14.0. The van der Waals surface area contributed by atoms with Crippen molar-refractivity contribution in [2.45, 2.75) is 52.2 Å². The highest BCUT2D eigenvalue weighted by Crippen LogP contribution is 2.27. The smallest absolute Gasteiger partial charge is 0.244 e. The van der Waals surface area contributed by atoms with Crippen molar-refractivity contribution in [1.82, 2.24) is 10.2 Å². The second-order valence-electron chi connectivity index (χ2n) is 9.93. The Kier molecular flexibility index (Phi) is 11.0. The maximum absolute atomic E-state index is 14.1. The van der Waals surface area contributed by atoms with Crippen molar-refractivity contribution in [3.63, 3.8) is 0 Å². The van der Waals surface area contributed by atoms with Crippen molar-refractivity contribution in [3.8, 4) is 0 Å². The van der Waals surface area contributed by atoms with E-state index in [1.807, 2.05) is 75.4 Å². The van der Waals surface area contributed by atoms with E-state index in [4.69, 9.17) is 23.2 Å². The number of rotatable bonds is 12. The number of carbonyl (C=O) groups excluding carboxylic acids is 2. The minimum Gasteiger partial charge on any atom is -0.352 e. The molecule has 0 aliphatic heterocycles. The van der Waals surface area contributed by atoms with Gasteiger partial charge in [-0.25, -0.2) is 8.42 Å². The van der Waals surface area contributed by atoms with Crippen molar-refractivity contribution in [3.05, 3.63) is 99.5 Å². The highest BCUT2D eigenvalue weighted by atomic mass is 35.5. The first-order valence-electron chi connectivity index (χ1n) is 13.0. The number of hydrogen-bond donors (Lipinski definition) is 1. The summed E-state index contributed by atoms with van der Waals surface area (Å²) in [6.07, 6.45) is 1.98. The Morgan fingerprint density at radius 3 is 2.08 bits per heavy atom. The van der Waals surface area contributed by atoms with Crippen molar-refractivity contribution in [2.24, 2.45) is 0 Å². The van der Waals surface area contributed by atoms with E-state index in [9.17, 15) is 18.0 Å². The van der Waals surface area contributed by atoms with Gasteiger partial charge in [-0.05, 0) is 49.6 Å². The van der Waals surface area contributed by atoms with Gasteiger partial charge in [-0.15, -0.1) is 0 Å². The number of amides is 2. The number of sulfonamides is 1. The van der Waals surface area contributed by atoms with Gasteiger partial charge in [0.15, 0.2) is 0 Å². The molecule has 2 amide bonds. The Morgan fingerprint density at radius 2 is 1.52 bits per heavy atom. The fourth-order valence-corrected chi connectivity index (χ4v) is 5.53. The molecule has 3 aromatic rings. The fourth-order valence-electron chi connectivity index (χ4n) is 4.18. The Morgan fingerprint density at radius 1 is 0.925 bits per heavy atom. The van der Waals surface area contributed by atoms with Crippen LogP contribution in [-0.2, 0) is 32.6 Å². The molecule has 0 spiro atoms. The van der Waals surface area contributed by atoms with Crippen LogP contribution in [0.25, 0.3) is 0 Å². The van der Waals surface area contributed by atoms with Crippen LogP contribution in [0.4, 0.5) is 5.69 Å². The van der Waals surface area contributed by atoms with Gasteiger partial charge in [0.25, 0.3) is 0 Å². The van der Waals surface area contributed by atoms with Crippen molar-refractivity contribution < 1.29 is 18.0 Å². The maximum Gasteiger partial charge on any atom is 0.244 e. The summed E-state index contributed by atoms with van der Waals surface area (Å²) in [5.41, 5.74) is 2.89. The van der Waals surface area contributed by atoms with Crippen molar-refractivity contribution in [1.29, 1.82) is 0 Å². The first kappa shape index (κ1) is 31.5. The molecule has 0 aromatic heterocycles. The molecule has 3 rings (SSSR count). The largest absolute Gasteiger partial charge is 0.352 e. The molecule has 3 aromatic carbocycles. The van der Waals surface area contributed by atoms with Gasteiger partial charge in [0.1, 0.15) is 12.6 Å². The van der Waals surface area contributed by atoms with E-state index < -0.39 is 28.5 Å². The van der Waals surface area contributed by atoms with E-state index in [2.05, 4.69) is 5.32 Å². The van der Waals surface area contributed by atoms with Crippen LogP contribution in [0.2, 0.25) is 10.0 Å². The number of hydrogen-bond acceptors (Lipinski definition) is 4. The number of nitrogens with zero attached hydrogens (tertiary/aromatic N) is 2. The third kappa shape index (κ3) is 8.98. The minimum atomic E-state index is -3.92. The van der Waals surface area contributed by atoms with Crippen molar-refractivity contribution >= 4 is 50.7 Å². The van der Waals surface area contributed by atoms with E-state index in [1.54, 1.807) is 0 Å². The summed E-state index contributed by atoms with van der Waals surface area (Å²) in [5, 5.41) is 3.47. The van der Waals surface area contributed by atoms with Crippen LogP contribution in [0.15, 0.2) is 72.8 Å². The zero-order valence-electron chi connectivity index (χ0n) is 23.1. The maximum atomic E-state index is 14.1. The normalized spacial score (nSPS) is 12.8. The monoisotopic (exact) mass is 603 g/mol. The third-order valence-electron chi connectivity index (χ3n) is 6.56. The highest BCUT2D eigenvalue weighted by molar-refractivity contribution is 7.92. The molecule has 0 aliphatic rings. The van der Waals surface area contributed by atoms with Gasteiger partial charge in [-0.3, -0.25) is 13.9 Å². The molecular weight excluding hydrogens is 569 g/mol. The lowest BCUT2D eigenvalue weighted by Crippen LogP contribution is -2.54. The summed E-state index contributed by atoms with van der Waals surface area (Å²) in [6.45, 7) is 5.40. The summed E-state index contributed by atoms with van der Waals surface area (Å²) >= 11 is 12.3. The number of anilines is 1. The average Bonchev–Trinajstić information content (AvgIpc) is 2.89. The van der Waals surface area contributed by atoms with Gasteiger partial charge in [0.05, 0.1) is 11.9 Å². The quantitative estimate of drug-likeness (QED) is 0.291. The third-order valence-corrected chi connectivity index (χ3v) is 8.14. The number of carbonyl (C=O) groups is 2. The van der Waals surface area contributed by atoms with Crippen LogP contribution in [-0.4, -0.2) is 50.0 Å². The Hall–Kier alpha value is -3.07. The lowest BCUT2D eigenvalue weighted by molar-refractivity contribution is -0.140. The van der Waals surface area contributed by atoms with Gasteiger partial charge in [0.2, 0.25) is 21.8 Å². The molecule has 0 aliphatic carbocycles. The molecule has 0 saturated carbocycles. The first-order valence-corrected chi connectivity index (χ1v) is 15.6. The molecule has 214 valence electrons. The molecule has 0 saturated heterocycles. The van der Waals surface area contributed by atoms with Gasteiger partial charge in [-0.1, -0.05) is 90.3 Å². The average molecular weight is 605 g/mol. The van der Waals surface area contributed by atoms with Crippen molar-refractivity contribution in [2.75, 3.05) is 17.1 Å². The molecular formula is C30H35Cl2N3O4S. The Labute approximate surface area is 247 Å². The van der Waals surface area contributed by atoms with E-state index >= 15 is 0 Å². The van der Waals surface area contributed by atoms with E-state index in [0.717, 1.165) is 27.3 Å². The number of aryl methyl sites for hydroxylation is 1. The van der Waals surface area contributed by atoms with Gasteiger partial charge in [-0.2, -0.15) is 0 Å².